The summed E-state index contributed by atoms with van der Waals surface area (Å²) in [6.07, 6.45) is 8.91. The minimum absolute atomic E-state index is 0.272. The Morgan fingerprint density at radius 1 is 0.667 bits per heavy atom. The van der Waals surface area contributed by atoms with Crippen LogP contribution in [-0.4, -0.2) is 4.87 Å². The number of hydrogen-bond acceptors (Lipinski definition) is 0. The van der Waals surface area contributed by atoms with Crippen LogP contribution in [0.2, 0.25) is 0 Å². The van der Waals surface area contributed by atoms with Crippen LogP contribution in [0.1, 0.15) is 38.5 Å². The average Bonchev–Trinajstić information content (AvgIpc) is 2.23. The molecule has 0 aromatic heterocycles. The van der Waals surface area contributed by atoms with Gasteiger partial charge in [-0.05, 0) is 80.0 Å². The SMILES string of the molecule is ClC12CC3C4CC5CC3C(C1)C(C5)C4C2. The van der Waals surface area contributed by atoms with Gasteiger partial charge < -0.3 is 0 Å². The van der Waals surface area contributed by atoms with Gasteiger partial charge in [0.1, 0.15) is 0 Å². The van der Waals surface area contributed by atoms with Gasteiger partial charge in [0, 0.05) is 4.87 Å². The monoisotopic (exact) mass is 222 g/mol. The van der Waals surface area contributed by atoms with E-state index < -0.39 is 0 Å². The Balaban J connectivity index is 1.69. The maximum absolute atomic E-state index is 6.83. The fraction of sp³-hybridized carbons (Fsp3) is 1.00. The van der Waals surface area contributed by atoms with Gasteiger partial charge in [-0.15, -0.1) is 11.6 Å². The van der Waals surface area contributed by atoms with E-state index in [1.807, 2.05) is 0 Å². The molecule has 7 saturated carbocycles. The second-order valence-electron chi connectivity index (χ2n) is 7.32. The van der Waals surface area contributed by atoms with Gasteiger partial charge in [0.05, 0.1) is 0 Å². The van der Waals surface area contributed by atoms with E-state index in [9.17, 15) is 0 Å². The van der Waals surface area contributed by atoms with E-state index in [-0.39, 0.29) is 4.87 Å². The second kappa shape index (κ2) is 2.28. The lowest BCUT2D eigenvalue weighted by atomic mass is 9.35. The molecule has 0 nitrogen and oxygen atoms in total. The van der Waals surface area contributed by atoms with Gasteiger partial charge in [0.25, 0.3) is 0 Å². The van der Waals surface area contributed by atoms with Crippen LogP contribution < -0.4 is 0 Å². The van der Waals surface area contributed by atoms with Gasteiger partial charge in [-0.3, -0.25) is 0 Å². The lowest BCUT2D eigenvalue weighted by Gasteiger charge is -2.71. The number of rotatable bonds is 0. The summed E-state index contributed by atoms with van der Waals surface area (Å²) in [5.41, 5.74) is 0. The summed E-state index contributed by atoms with van der Waals surface area (Å²) in [7, 11) is 0. The summed E-state index contributed by atoms with van der Waals surface area (Å²) in [6, 6.07) is 0. The molecule has 0 aliphatic heterocycles. The summed E-state index contributed by atoms with van der Waals surface area (Å²) in [5.74, 6) is 7.69. The number of halogens is 1. The zero-order valence-electron chi connectivity index (χ0n) is 9.16. The quantitative estimate of drug-likeness (QED) is 0.549. The van der Waals surface area contributed by atoms with Crippen molar-refractivity contribution in [1.82, 2.24) is 0 Å². The maximum Gasteiger partial charge on any atom is 0.0455 e. The van der Waals surface area contributed by atoms with Crippen molar-refractivity contribution in [1.29, 1.82) is 0 Å². The van der Waals surface area contributed by atoms with Crippen LogP contribution in [0, 0.1) is 41.4 Å². The van der Waals surface area contributed by atoms with Crippen LogP contribution >= 0.6 is 11.6 Å². The van der Waals surface area contributed by atoms with Gasteiger partial charge in [0.2, 0.25) is 0 Å². The van der Waals surface area contributed by atoms with E-state index in [0.29, 0.717) is 0 Å². The molecule has 8 bridgehead atoms. The summed E-state index contributed by atoms with van der Waals surface area (Å²) < 4.78 is 0. The third-order valence-electron chi connectivity index (χ3n) is 6.92. The highest BCUT2D eigenvalue weighted by atomic mass is 35.5. The summed E-state index contributed by atoms with van der Waals surface area (Å²) >= 11 is 6.83. The molecular weight excluding hydrogens is 204 g/mol. The third kappa shape index (κ3) is 0.820. The van der Waals surface area contributed by atoms with Gasteiger partial charge in [-0.1, -0.05) is 0 Å². The van der Waals surface area contributed by atoms with Gasteiger partial charge in [-0.25, -0.2) is 0 Å². The molecule has 0 spiro atoms. The first kappa shape index (κ1) is 8.39. The first-order valence-corrected chi connectivity index (χ1v) is 7.30. The Bertz CT molecular complexity index is 274. The number of hydrogen-bond donors (Lipinski definition) is 0. The standard InChI is InChI=1S/C14H19Cl/c15-14-4-11-8-1-7-2-9(11)13(6-14)10(3-7)12(8)5-14/h7-13H,1-6H2. The Labute approximate surface area is 96.8 Å². The molecule has 0 atom stereocenters. The zero-order valence-corrected chi connectivity index (χ0v) is 9.92. The number of alkyl halides is 1. The van der Waals surface area contributed by atoms with E-state index in [1.54, 1.807) is 19.3 Å². The minimum Gasteiger partial charge on any atom is -0.119 e. The second-order valence-corrected chi connectivity index (χ2v) is 8.12. The van der Waals surface area contributed by atoms with E-state index >= 15 is 0 Å². The van der Waals surface area contributed by atoms with E-state index in [4.69, 9.17) is 11.6 Å². The summed E-state index contributed by atoms with van der Waals surface area (Å²) in [6.45, 7) is 0. The van der Waals surface area contributed by atoms with Crippen molar-refractivity contribution < 1.29 is 0 Å². The van der Waals surface area contributed by atoms with Gasteiger partial charge in [0.15, 0.2) is 0 Å². The van der Waals surface area contributed by atoms with Crippen molar-refractivity contribution in [2.24, 2.45) is 41.4 Å². The molecule has 0 radical (unpaired) electrons. The Kier molecular flexibility index (Phi) is 1.27. The highest BCUT2D eigenvalue weighted by molar-refractivity contribution is 6.24. The highest BCUT2D eigenvalue weighted by Crippen LogP contribution is 2.73. The van der Waals surface area contributed by atoms with Crippen LogP contribution in [0.4, 0.5) is 0 Å². The third-order valence-corrected chi connectivity index (χ3v) is 7.38. The lowest BCUT2D eigenvalue weighted by Crippen LogP contribution is -2.65. The molecule has 0 heterocycles. The van der Waals surface area contributed by atoms with Crippen LogP contribution in [-0.2, 0) is 0 Å². The Morgan fingerprint density at radius 3 is 1.47 bits per heavy atom. The van der Waals surface area contributed by atoms with Crippen molar-refractivity contribution in [3.05, 3.63) is 0 Å². The molecule has 0 N–H and O–H groups in total. The molecule has 0 unspecified atom stereocenters. The highest BCUT2D eigenvalue weighted by Gasteiger charge is 2.66. The fourth-order valence-electron chi connectivity index (χ4n) is 6.82. The largest absolute Gasteiger partial charge is 0.119 e. The predicted octanol–water partition coefficient (Wildman–Crippen LogP) is 3.69. The molecule has 15 heavy (non-hydrogen) atoms. The van der Waals surface area contributed by atoms with Crippen molar-refractivity contribution >= 4 is 11.6 Å². The molecule has 7 aliphatic carbocycles. The van der Waals surface area contributed by atoms with Gasteiger partial charge in [-0.2, -0.15) is 0 Å². The Morgan fingerprint density at radius 2 is 1.07 bits per heavy atom. The fourth-order valence-corrected chi connectivity index (χ4v) is 7.36. The van der Waals surface area contributed by atoms with Crippen molar-refractivity contribution in [3.8, 4) is 0 Å². The van der Waals surface area contributed by atoms with Crippen LogP contribution in [0.3, 0.4) is 0 Å². The zero-order chi connectivity index (χ0) is 9.78. The maximum atomic E-state index is 6.83. The lowest BCUT2D eigenvalue weighted by molar-refractivity contribution is -0.196. The predicted molar refractivity (Wildman–Crippen MR) is 60.7 cm³/mol. The molecule has 7 rings (SSSR count). The molecule has 82 valence electrons. The molecule has 7 fully saturated rings. The van der Waals surface area contributed by atoms with Crippen LogP contribution in [0.25, 0.3) is 0 Å². The van der Waals surface area contributed by atoms with Gasteiger partial charge >= 0.3 is 0 Å². The minimum atomic E-state index is 0.272. The molecule has 0 aromatic rings. The smallest absolute Gasteiger partial charge is 0.0455 e. The molecular formula is C14H19Cl. The molecule has 0 aromatic carbocycles. The average molecular weight is 223 g/mol. The first-order valence-electron chi connectivity index (χ1n) is 6.92. The molecule has 0 saturated heterocycles. The topological polar surface area (TPSA) is 0 Å². The summed E-state index contributed by atoms with van der Waals surface area (Å²) in [5, 5.41) is 0. The van der Waals surface area contributed by atoms with Crippen molar-refractivity contribution in [3.63, 3.8) is 0 Å². The molecule has 7 aliphatic rings. The van der Waals surface area contributed by atoms with E-state index in [2.05, 4.69) is 0 Å². The first-order chi connectivity index (χ1) is 7.23. The molecule has 1 heteroatoms. The van der Waals surface area contributed by atoms with E-state index in [0.717, 1.165) is 41.4 Å². The van der Waals surface area contributed by atoms with Crippen molar-refractivity contribution in [2.75, 3.05) is 0 Å². The van der Waals surface area contributed by atoms with E-state index in [1.165, 1.54) is 19.3 Å². The van der Waals surface area contributed by atoms with Crippen molar-refractivity contribution in [2.45, 2.75) is 43.4 Å². The molecule has 0 amide bonds. The van der Waals surface area contributed by atoms with Crippen LogP contribution in [0.15, 0.2) is 0 Å². The van der Waals surface area contributed by atoms with Crippen LogP contribution in [0.5, 0.6) is 0 Å². The Hall–Kier alpha value is 0.290. The normalized spacial score (nSPS) is 73.0. The summed E-state index contributed by atoms with van der Waals surface area (Å²) in [4.78, 5) is 0.272.